The van der Waals surface area contributed by atoms with Crippen LogP contribution in [-0.4, -0.2) is 35.3 Å². The Morgan fingerprint density at radius 2 is 1.93 bits per heavy atom. The third-order valence-electron chi connectivity index (χ3n) is 2.52. The van der Waals surface area contributed by atoms with Crippen LogP contribution in [0.2, 0.25) is 14.3 Å². The molecule has 1 rings (SSSR count). The minimum absolute atomic E-state index is 0.00155. The van der Waals surface area contributed by atoms with Crippen LogP contribution < -0.4 is 0 Å². The van der Waals surface area contributed by atoms with Crippen molar-refractivity contribution >= 4 is 31.9 Å². The fourth-order valence-electron chi connectivity index (χ4n) is 1.56. The van der Waals surface area contributed by atoms with E-state index >= 15 is 0 Å². The van der Waals surface area contributed by atoms with E-state index < -0.39 is 17.0 Å². The van der Waals surface area contributed by atoms with E-state index in [1.807, 2.05) is 8.95 Å². The molecule has 0 amide bonds. The SMILES string of the molecule is [CH3][Sn]1([CH3])[CH2]CCCCCOC(=O)C[S]1. The van der Waals surface area contributed by atoms with Crippen molar-refractivity contribution in [3.63, 3.8) is 0 Å². The fourth-order valence-corrected chi connectivity index (χ4v) is 12.0. The van der Waals surface area contributed by atoms with Gasteiger partial charge >= 0.3 is 93.8 Å². The van der Waals surface area contributed by atoms with Crippen LogP contribution in [0.4, 0.5) is 0 Å². The van der Waals surface area contributed by atoms with Gasteiger partial charge in [-0.1, -0.05) is 0 Å². The Hall–Kier alpha value is 0.619. The van der Waals surface area contributed by atoms with E-state index in [-0.39, 0.29) is 5.97 Å². The van der Waals surface area contributed by atoms with E-state index in [1.165, 1.54) is 23.7 Å². The van der Waals surface area contributed by atoms with Crippen LogP contribution in [0.15, 0.2) is 0 Å². The number of rotatable bonds is 0. The van der Waals surface area contributed by atoms with Crippen LogP contribution in [0.5, 0.6) is 0 Å². The summed E-state index contributed by atoms with van der Waals surface area (Å²) >= 11 is -1.89. The molecule has 0 unspecified atom stereocenters. The molecule has 82 valence electrons. The van der Waals surface area contributed by atoms with Crippen LogP contribution in [0.25, 0.3) is 0 Å². The summed E-state index contributed by atoms with van der Waals surface area (Å²) in [5.41, 5.74) is 0. The zero-order chi connectivity index (χ0) is 10.4. The zero-order valence-corrected chi connectivity index (χ0v) is 12.8. The molecule has 14 heavy (non-hydrogen) atoms. The molecular weight excluding hydrogens is 303 g/mol. The molecule has 1 aliphatic rings. The summed E-state index contributed by atoms with van der Waals surface area (Å²) < 4.78 is 6.55. The van der Waals surface area contributed by atoms with Gasteiger partial charge in [-0.05, 0) is 0 Å². The van der Waals surface area contributed by atoms with Gasteiger partial charge in [-0.2, -0.15) is 0 Å². The van der Waals surface area contributed by atoms with Gasteiger partial charge in [0.2, 0.25) is 0 Å². The Bertz CT molecular complexity index is 195. The molecule has 0 radical (unpaired) electrons. The first kappa shape index (κ1) is 12.7. The summed E-state index contributed by atoms with van der Waals surface area (Å²) in [5.74, 6) is 0.602. The van der Waals surface area contributed by atoms with Gasteiger partial charge in [-0.3, -0.25) is 0 Å². The van der Waals surface area contributed by atoms with Gasteiger partial charge in [0.1, 0.15) is 0 Å². The van der Waals surface area contributed by atoms with Crippen molar-refractivity contribution in [1.82, 2.24) is 0 Å². The monoisotopic (exact) mass is 324 g/mol. The van der Waals surface area contributed by atoms with E-state index in [0.29, 0.717) is 12.4 Å². The number of esters is 1. The Morgan fingerprint density at radius 1 is 1.21 bits per heavy atom. The van der Waals surface area contributed by atoms with Gasteiger partial charge in [-0.25, -0.2) is 0 Å². The molecule has 4 heteroatoms. The molecule has 0 aromatic rings. The summed E-state index contributed by atoms with van der Waals surface area (Å²) in [6.07, 6.45) is 4.95. The molecule has 1 fully saturated rings. The van der Waals surface area contributed by atoms with E-state index in [2.05, 4.69) is 9.88 Å². The van der Waals surface area contributed by atoms with Crippen molar-refractivity contribution in [1.29, 1.82) is 0 Å². The number of ether oxygens (including phenoxy) is 1. The minimum atomic E-state index is -1.89. The van der Waals surface area contributed by atoms with Crippen molar-refractivity contribution < 1.29 is 9.53 Å². The second kappa shape index (κ2) is 6.26. The number of hydrogen-bond donors (Lipinski definition) is 0. The number of carbonyl (C=O) groups is 1. The molecule has 2 nitrogen and oxygen atoms in total. The predicted molar refractivity (Wildman–Crippen MR) is 64.2 cm³/mol. The first-order chi connectivity index (χ1) is 6.60. The molecule has 0 N–H and O–H groups in total. The molecule has 0 aromatic carbocycles. The Labute approximate surface area is 93.5 Å². The maximum absolute atomic E-state index is 11.3. The Kier molecular flexibility index (Phi) is 5.67. The van der Waals surface area contributed by atoms with E-state index in [9.17, 15) is 4.79 Å². The molecule has 1 heterocycles. The average molecular weight is 323 g/mol. The normalized spacial score (nSPS) is 24.9. The summed E-state index contributed by atoms with van der Waals surface area (Å²) in [5, 5.41) is 0. The second-order valence-corrected chi connectivity index (χ2v) is 26.4. The summed E-state index contributed by atoms with van der Waals surface area (Å²) in [7, 11) is 1.93. The van der Waals surface area contributed by atoms with E-state index in [4.69, 9.17) is 4.74 Å². The molecule has 0 atom stereocenters. The van der Waals surface area contributed by atoms with Gasteiger partial charge in [-0.15, -0.1) is 0 Å². The number of hydrogen-bond acceptors (Lipinski definition) is 3. The predicted octanol–water partition coefficient (Wildman–Crippen LogP) is 3.04. The van der Waals surface area contributed by atoms with Crippen molar-refractivity contribution in [2.24, 2.45) is 0 Å². The Morgan fingerprint density at radius 3 is 2.71 bits per heavy atom. The van der Waals surface area contributed by atoms with Gasteiger partial charge < -0.3 is 0 Å². The summed E-state index contributed by atoms with van der Waals surface area (Å²) in [6, 6.07) is 0. The third-order valence-corrected chi connectivity index (χ3v) is 17.4. The standard InChI is InChI=1S/C8H15O2S.2CH3.Sn/c1-2-3-4-5-6-10-8(9)7-11;;;/h11H,1-7H2;2*1H3;/q;;;+1/p-1. The zero-order valence-electron chi connectivity index (χ0n) is 9.17. The molecular formula is C10H20O2SSn. The van der Waals surface area contributed by atoms with Gasteiger partial charge in [0.05, 0.1) is 0 Å². The third kappa shape index (κ3) is 5.49. The van der Waals surface area contributed by atoms with Gasteiger partial charge in [0.25, 0.3) is 0 Å². The van der Waals surface area contributed by atoms with Gasteiger partial charge in [0, 0.05) is 0 Å². The van der Waals surface area contributed by atoms with Crippen LogP contribution in [0, 0.1) is 0 Å². The first-order valence-electron chi connectivity index (χ1n) is 5.40. The molecule has 0 aliphatic carbocycles. The van der Waals surface area contributed by atoms with Crippen molar-refractivity contribution in [2.45, 2.75) is 40.0 Å². The molecule has 0 aromatic heterocycles. The van der Waals surface area contributed by atoms with Gasteiger partial charge in [0.15, 0.2) is 0 Å². The topological polar surface area (TPSA) is 26.3 Å². The summed E-state index contributed by atoms with van der Waals surface area (Å²) in [6.45, 7) is 0.634. The first-order valence-corrected chi connectivity index (χ1v) is 17.6. The van der Waals surface area contributed by atoms with E-state index in [1.54, 1.807) is 0 Å². The number of cyclic esters (lactones) is 1. The van der Waals surface area contributed by atoms with Crippen LogP contribution >= 0.6 is 8.95 Å². The summed E-state index contributed by atoms with van der Waals surface area (Å²) in [4.78, 5) is 16.1. The van der Waals surface area contributed by atoms with Crippen molar-refractivity contribution in [3.05, 3.63) is 0 Å². The number of carbonyl (C=O) groups excluding carboxylic acids is 1. The molecule has 0 saturated carbocycles. The molecule has 1 aliphatic heterocycles. The van der Waals surface area contributed by atoms with Crippen molar-refractivity contribution in [3.8, 4) is 0 Å². The fraction of sp³-hybridized carbons (Fsp3) is 0.900. The molecule has 0 bridgehead atoms. The molecule has 1 saturated heterocycles. The Balaban J connectivity index is 2.42. The van der Waals surface area contributed by atoms with Crippen molar-refractivity contribution in [2.75, 3.05) is 12.4 Å². The second-order valence-electron chi connectivity index (χ2n) is 4.43. The maximum atomic E-state index is 11.3. The quantitative estimate of drug-likeness (QED) is 0.506. The molecule has 0 spiro atoms. The van der Waals surface area contributed by atoms with Crippen LogP contribution in [-0.2, 0) is 9.53 Å². The van der Waals surface area contributed by atoms with E-state index in [0.717, 1.165) is 6.42 Å². The average Bonchev–Trinajstić information content (AvgIpc) is 2.15. The van der Waals surface area contributed by atoms with Crippen LogP contribution in [0.3, 0.4) is 0 Å². The van der Waals surface area contributed by atoms with Crippen LogP contribution in [0.1, 0.15) is 25.7 Å².